The van der Waals surface area contributed by atoms with Crippen molar-refractivity contribution in [1.29, 1.82) is 0 Å². The maximum atomic E-state index is 6.05. The summed E-state index contributed by atoms with van der Waals surface area (Å²) in [5.41, 5.74) is 6.05. The van der Waals surface area contributed by atoms with Crippen LogP contribution < -0.4 is 5.73 Å². The van der Waals surface area contributed by atoms with Gasteiger partial charge < -0.3 is 10.5 Å². The van der Waals surface area contributed by atoms with Crippen LogP contribution in [0.1, 0.15) is 12.8 Å². The smallest absolute Gasteiger partial charge is 0.0632 e. The zero-order valence-corrected chi connectivity index (χ0v) is 7.98. The van der Waals surface area contributed by atoms with Crippen molar-refractivity contribution in [2.75, 3.05) is 26.3 Å². The van der Waals surface area contributed by atoms with E-state index in [-0.39, 0.29) is 6.04 Å². The molecule has 0 spiro atoms. The summed E-state index contributed by atoms with van der Waals surface area (Å²) < 4.78 is 5.36. The Morgan fingerprint density at radius 1 is 1.23 bits per heavy atom. The van der Waals surface area contributed by atoms with Gasteiger partial charge in [0.1, 0.15) is 0 Å². The van der Waals surface area contributed by atoms with Crippen molar-refractivity contribution in [1.82, 2.24) is 4.90 Å². The molecule has 2 aliphatic heterocycles. The molecule has 1 saturated carbocycles. The van der Waals surface area contributed by atoms with Crippen LogP contribution in [-0.4, -0.2) is 43.3 Å². The van der Waals surface area contributed by atoms with Crippen molar-refractivity contribution in [3.63, 3.8) is 0 Å². The monoisotopic (exact) mass is 182 g/mol. The minimum atomic E-state index is 0.256. The number of ether oxygens (including phenoxy) is 1. The van der Waals surface area contributed by atoms with Crippen molar-refractivity contribution < 1.29 is 4.74 Å². The summed E-state index contributed by atoms with van der Waals surface area (Å²) in [6.45, 7) is 4.28. The van der Waals surface area contributed by atoms with Crippen LogP contribution in [0.4, 0.5) is 0 Å². The first-order valence-electron chi connectivity index (χ1n) is 5.42. The molecule has 0 aromatic heterocycles. The zero-order chi connectivity index (χ0) is 8.84. The van der Waals surface area contributed by atoms with Gasteiger partial charge >= 0.3 is 0 Å². The highest BCUT2D eigenvalue weighted by Gasteiger charge is 2.47. The normalized spacial score (nSPS) is 50.5. The molecule has 2 unspecified atom stereocenters. The lowest BCUT2D eigenvalue weighted by molar-refractivity contribution is 0.0220. The molecule has 0 bridgehead atoms. The summed E-state index contributed by atoms with van der Waals surface area (Å²) in [4.78, 5) is 2.60. The quantitative estimate of drug-likeness (QED) is 0.623. The van der Waals surface area contributed by atoms with Gasteiger partial charge in [-0.2, -0.15) is 0 Å². The first kappa shape index (κ1) is 8.21. The highest BCUT2D eigenvalue weighted by Crippen LogP contribution is 2.46. The third-order valence-corrected chi connectivity index (χ3v) is 3.84. The second-order valence-corrected chi connectivity index (χ2v) is 4.80. The molecule has 2 heterocycles. The number of rotatable bonds is 1. The number of piperidine rings is 1. The Labute approximate surface area is 79.2 Å². The second kappa shape index (κ2) is 2.94. The number of hydrogen-bond acceptors (Lipinski definition) is 3. The van der Waals surface area contributed by atoms with Crippen LogP contribution in [0.15, 0.2) is 0 Å². The van der Waals surface area contributed by atoms with Gasteiger partial charge in [0.05, 0.1) is 6.61 Å². The van der Waals surface area contributed by atoms with Crippen LogP contribution in [0.25, 0.3) is 0 Å². The van der Waals surface area contributed by atoms with E-state index in [1.165, 1.54) is 19.5 Å². The Morgan fingerprint density at radius 2 is 2.00 bits per heavy atom. The maximum Gasteiger partial charge on any atom is 0.0632 e. The third-order valence-electron chi connectivity index (χ3n) is 3.84. The molecule has 0 aromatic rings. The van der Waals surface area contributed by atoms with Gasteiger partial charge in [-0.1, -0.05) is 0 Å². The van der Waals surface area contributed by atoms with Crippen LogP contribution >= 0.6 is 0 Å². The van der Waals surface area contributed by atoms with E-state index in [1.807, 2.05) is 0 Å². The first-order chi connectivity index (χ1) is 6.34. The molecule has 2 N–H and O–H groups in total. The molecule has 4 atom stereocenters. The Morgan fingerprint density at radius 3 is 2.69 bits per heavy atom. The van der Waals surface area contributed by atoms with Gasteiger partial charge in [-0.25, -0.2) is 0 Å². The fourth-order valence-electron chi connectivity index (χ4n) is 2.91. The van der Waals surface area contributed by atoms with Crippen LogP contribution in [0, 0.1) is 11.8 Å². The average molecular weight is 182 g/mol. The van der Waals surface area contributed by atoms with Gasteiger partial charge in [0, 0.05) is 31.8 Å². The molecule has 3 fully saturated rings. The zero-order valence-electron chi connectivity index (χ0n) is 7.98. The summed E-state index contributed by atoms with van der Waals surface area (Å²) in [5.74, 6) is 2.05. The van der Waals surface area contributed by atoms with Gasteiger partial charge in [0.25, 0.3) is 0 Å². The van der Waals surface area contributed by atoms with Crippen molar-refractivity contribution in [3.05, 3.63) is 0 Å². The van der Waals surface area contributed by atoms with Crippen LogP contribution in [0.3, 0.4) is 0 Å². The number of nitrogens with two attached hydrogens (primary N) is 1. The van der Waals surface area contributed by atoms with E-state index in [0.29, 0.717) is 6.04 Å². The molecule has 3 aliphatic rings. The second-order valence-electron chi connectivity index (χ2n) is 4.80. The summed E-state index contributed by atoms with van der Waals surface area (Å²) in [6, 6.07) is 0.868. The third kappa shape index (κ3) is 1.39. The lowest BCUT2D eigenvalue weighted by Gasteiger charge is -2.36. The molecule has 13 heavy (non-hydrogen) atoms. The summed E-state index contributed by atoms with van der Waals surface area (Å²) in [7, 11) is 0. The molecular weight excluding hydrogens is 164 g/mol. The lowest BCUT2D eigenvalue weighted by Crippen LogP contribution is -2.52. The van der Waals surface area contributed by atoms with E-state index in [4.69, 9.17) is 10.5 Å². The Hall–Kier alpha value is -0.120. The van der Waals surface area contributed by atoms with Gasteiger partial charge in [-0.15, -0.1) is 0 Å². The Kier molecular flexibility index (Phi) is 1.86. The number of nitrogens with zero attached hydrogens (tertiary/aromatic N) is 1. The molecule has 0 amide bonds. The van der Waals surface area contributed by atoms with Crippen molar-refractivity contribution in [2.24, 2.45) is 17.6 Å². The Bertz CT molecular complexity index is 199. The average Bonchev–Trinajstić information content (AvgIpc) is 2.75. The molecule has 74 valence electrons. The molecule has 3 nitrogen and oxygen atoms in total. The topological polar surface area (TPSA) is 38.5 Å². The Balaban J connectivity index is 1.63. The molecule has 0 radical (unpaired) electrons. The van der Waals surface area contributed by atoms with E-state index in [1.54, 1.807) is 0 Å². The van der Waals surface area contributed by atoms with Crippen molar-refractivity contribution in [3.8, 4) is 0 Å². The van der Waals surface area contributed by atoms with E-state index in [2.05, 4.69) is 4.90 Å². The van der Waals surface area contributed by atoms with Gasteiger partial charge in [0.15, 0.2) is 0 Å². The largest absolute Gasteiger partial charge is 0.380 e. The number of likely N-dealkylation sites (tertiary alicyclic amines) is 1. The molecule has 0 aromatic carbocycles. The van der Waals surface area contributed by atoms with Crippen molar-refractivity contribution in [2.45, 2.75) is 24.9 Å². The molecule has 1 aliphatic carbocycles. The number of hydrogen-bond donors (Lipinski definition) is 1. The predicted molar refractivity (Wildman–Crippen MR) is 50.4 cm³/mol. The molecular formula is C10H18N2O. The molecule has 3 heteroatoms. The first-order valence-corrected chi connectivity index (χ1v) is 5.42. The lowest BCUT2D eigenvalue weighted by atomic mass is 10.0. The van der Waals surface area contributed by atoms with Gasteiger partial charge in [0.2, 0.25) is 0 Å². The molecule has 3 rings (SSSR count). The van der Waals surface area contributed by atoms with Crippen molar-refractivity contribution >= 4 is 0 Å². The highest BCUT2D eigenvalue weighted by molar-refractivity contribution is 5.00. The van der Waals surface area contributed by atoms with E-state index < -0.39 is 0 Å². The number of fused-ring (bicyclic) bond motifs is 1. The fourth-order valence-corrected chi connectivity index (χ4v) is 2.91. The summed E-state index contributed by atoms with van der Waals surface area (Å²) in [5, 5.41) is 0. The van der Waals surface area contributed by atoms with Crippen LogP contribution in [-0.2, 0) is 4.74 Å². The van der Waals surface area contributed by atoms with Gasteiger partial charge in [-0.05, 0) is 24.7 Å². The summed E-state index contributed by atoms with van der Waals surface area (Å²) >= 11 is 0. The molecule has 2 saturated heterocycles. The van der Waals surface area contributed by atoms with E-state index in [9.17, 15) is 0 Å². The predicted octanol–water partition coefficient (Wildman–Crippen LogP) is 0.0543. The van der Waals surface area contributed by atoms with E-state index >= 15 is 0 Å². The fraction of sp³-hybridized carbons (Fsp3) is 1.00. The van der Waals surface area contributed by atoms with Crippen LogP contribution in [0.2, 0.25) is 0 Å². The maximum absolute atomic E-state index is 6.05. The minimum absolute atomic E-state index is 0.256. The van der Waals surface area contributed by atoms with Crippen LogP contribution in [0.5, 0.6) is 0 Å². The highest BCUT2D eigenvalue weighted by atomic mass is 16.5. The minimum Gasteiger partial charge on any atom is -0.380 e. The standard InChI is InChI=1S/C10H18N2O/c11-9-6-13-2-1-10(9)12-4-7-3-8(7)5-12/h7-10H,1-6,11H2/t7-,8-,9?,10?/m0/s1. The van der Waals surface area contributed by atoms with E-state index in [0.717, 1.165) is 31.5 Å². The SMILES string of the molecule is NC1COCCC1N1C[C@@H]2C[C@H]2C1. The van der Waals surface area contributed by atoms with Gasteiger partial charge in [-0.3, -0.25) is 4.90 Å². The summed E-state index contributed by atoms with van der Waals surface area (Å²) in [6.07, 6.45) is 2.62.